The van der Waals surface area contributed by atoms with Crippen LogP contribution in [0.3, 0.4) is 0 Å². The number of carbonyl (C=O) groups is 2. The van der Waals surface area contributed by atoms with Crippen LogP contribution in [0.2, 0.25) is 0 Å². The van der Waals surface area contributed by atoms with Crippen molar-refractivity contribution in [3.05, 3.63) is 17.0 Å². The van der Waals surface area contributed by atoms with Crippen molar-refractivity contribution in [1.82, 2.24) is 20.0 Å². The minimum absolute atomic E-state index is 0.0839. The zero-order chi connectivity index (χ0) is 18.0. The van der Waals surface area contributed by atoms with E-state index in [9.17, 15) is 9.59 Å². The molecule has 2 aliphatic rings. The monoisotopic (exact) mass is 350 g/mol. The molecule has 1 N–H and O–H groups in total. The van der Waals surface area contributed by atoms with E-state index in [4.69, 9.17) is 9.47 Å². The molecule has 1 fully saturated rings. The number of nitrogens with one attached hydrogen (secondary N) is 1. The quantitative estimate of drug-likeness (QED) is 0.802. The molecule has 25 heavy (non-hydrogen) atoms. The Labute approximate surface area is 147 Å². The predicted octanol–water partition coefficient (Wildman–Crippen LogP) is -0.0975. The molecule has 2 heterocycles. The summed E-state index contributed by atoms with van der Waals surface area (Å²) in [5, 5.41) is 7.07. The Morgan fingerprint density at radius 3 is 2.92 bits per heavy atom. The number of methoxy groups -OCH3 is 1. The number of nitrogens with zero attached hydrogens (tertiary/aromatic N) is 3. The smallest absolute Gasteiger partial charge is 0.274 e. The first kappa shape index (κ1) is 17.9. The van der Waals surface area contributed by atoms with Crippen molar-refractivity contribution in [3.63, 3.8) is 0 Å². The van der Waals surface area contributed by atoms with Gasteiger partial charge in [-0.25, -0.2) is 0 Å². The maximum atomic E-state index is 13.1. The molecule has 8 nitrogen and oxygen atoms in total. The van der Waals surface area contributed by atoms with Crippen LogP contribution >= 0.6 is 0 Å². The number of hydrogen-bond donors (Lipinski definition) is 1. The molecule has 0 aromatic carbocycles. The largest absolute Gasteiger partial charge is 0.382 e. The first-order chi connectivity index (χ1) is 12.0. The molecule has 0 radical (unpaired) electrons. The van der Waals surface area contributed by atoms with Gasteiger partial charge in [-0.1, -0.05) is 0 Å². The number of aromatic nitrogens is 2. The number of ether oxygens (including phenoxy) is 2. The van der Waals surface area contributed by atoms with Crippen molar-refractivity contribution >= 4 is 11.8 Å². The second-order valence-corrected chi connectivity index (χ2v) is 6.79. The number of morpholine rings is 1. The first-order valence-electron chi connectivity index (χ1n) is 8.67. The fourth-order valence-electron chi connectivity index (χ4n) is 3.84. The van der Waals surface area contributed by atoms with Crippen molar-refractivity contribution < 1.29 is 19.1 Å². The number of amides is 2. The lowest BCUT2D eigenvalue weighted by Gasteiger charge is -2.41. The fourth-order valence-corrected chi connectivity index (χ4v) is 3.84. The van der Waals surface area contributed by atoms with Crippen LogP contribution in [-0.4, -0.2) is 72.6 Å². The molecule has 1 aliphatic carbocycles. The maximum absolute atomic E-state index is 13.1. The van der Waals surface area contributed by atoms with Gasteiger partial charge in [0, 0.05) is 39.0 Å². The van der Waals surface area contributed by atoms with Crippen molar-refractivity contribution in [3.8, 4) is 0 Å². The first-order valence-corrected chi connectivity index (χ1v) is 8.67. The van der Waals surface area contributed by atoms with Gasteiger partial charge in [-0.05, 0) is 19.3 Å². The molecule has 8 heteroatoms. The highest BCUT2D eigenvalue weighted by atomic mass is 16.5. The van der Waals surface area contributed by atoms with Crippen LogP contribution in [-0.2, 0) is 34.2 Å². The van der Waals surface area contributed by atoms with E-state index in [1.807, 2.05) is 11.7 Å². The molecule has 0 saturated carbocycles. The van der Waals surface area contributed by atoms with E-state index in [0.717, 1.165) is 30.5 Å². The Morgan fingerprint density at radius 1 is 1.40 bits per heavy atom. The molecule has 1 saturated heterocycles. The average molecular weight is 350 g/mol. The standard InChI is InChI=1S/C17H26N4O4/c1-18-14(22)9-17(11-24-3)10-21(7-8-25-17)16(23)15-12-5-4-6-13(12)20(2)19-15/h4-11H2,1-3H3,(H,18,22)/t17-/m0/s1. The molecule has 2 amide bonds. The highest BCUT2D eigenvalue weighted by molar-refractivity contribution is 5.94. The molecule has 3 rings (SSSR count). The molecule has 1 aromatic rings. The zero-order valence-electron chi connectivity index (χ0n) is 15.1. The van der Waals surface area contributed by atoms with Gasteiger partial charge in [0.2, 0.25) is 5.91 Å². The van der Waals surface area contributed by atoms with Crippen LogP contribution in [0.1, 0.15) is 34.6 Å². The van der Waals surface area contributed by atoms with Gasteiger partial charge >= 0.3 is 0 Å². The highest BCUT2D eigenvalue weighted by Gasteiger charge is 2.41. The lowest BCUT2D eigenvalue weighted by molar-refractivity contribution is -0.150. The predicted molar refractivity (Wildman–Crippen MR) is 90.4 cm³/mol. The summed E-state index contributed by atoms with van der Waals surface area (Å²) >= 11 is 0. The lowest BCUT2D eigenvalue weighted by atomic mass is 9.97. The minimum Gasteiger partial charge on any atom is -0.382 e. The van der Waals surface area contributed by atoms with Gasteiger partial charge in [0.15, 0.2) is 5.69 Å². The van der Waals surface area contributed by atoms with E-state index in [2.05, 4.69) is 10.4 Å². The van der Waals surface area contributed by atoms with Crippen LogP contribution in [0.4, 0.5) is 0 Å². The molecular weight excluding hydrogens is 324 g/mol. The summed E-state index contributed by atoms with van der Waals surface area (Å²) < 4.78 is 13.0. The number of hydrogen-bond acceptors (Lipinski definition) is 5. The van der Waals surface area contributed by atoms with Gasteiger partial charge in [-0.2, -0.15) is 5.10 Å². The average Bonchev–Trinajstić information content (AvgIpc) is 3.19. The summed E-state index contributed by atoms with van der Waals surface area (Å²) in [5.74, 6) is -0.218. The van der Waals surface area contributed by atoms with E-state index in [0.29, 0.717) is 25.4 Å². The topological polar surface area (TPSA) is 85.7 Å². The van der Waals surface area contributed by atoms with Crippen LogP contribution in [0.15, 0.2) is 0 Å². The second-order valence-electron chi connectivity index (χ2n) is 6.79. The summed E-state index contributed by atoms with van der Waals surface area (Å²) in [6.45, 7) is 1.44. The molecule has 138 valence electrons. The summed E-state index contributed by atoms with van der Waals surface area (Å²) in [5.41, 5.74) is 1.96. The molecule has 1 atom stereocenters. The lowest BCUT2D eigenvalue weighted by Crippen LogP contribution is -2.57. The molecule has 0 bridgehead atoms. The highest BCUT2D eigenvalue weighted by Crippen LogP contribution is 2.28. The summed E-state index contributed by atoms with van der Waals surface area (Å²) in [6, 6.07) is 0. The second kappa shape index (κ2) is 7.13. The van der Waals surface area contributed by atoms with E-state index in [-0.39, 0.29) is 24.8 Å². The molecule has 0 spiro atoms. The van der Waals surface area contributed by atoms with Gasteiger partial charge in [-0.15, -0.1) is 0 Å². The molecule has 1 aliphatic heterocycles. The minimum atomic E-state index is -0.819. The normalized spacial score (nSPS) is 22.8. The Kier molecular flexibility index (Phi) is 5.10. The van der Waals surface area contributed by atoms with E-state index < -0.39 is 5.60 Å². The molecule has 0 unspecified atom stereocenters. The zero-order valence-corrected chi connectivity index (χ0v) is 15.1. The van der Waals surface area contributed by atoms with E-state index in [1.54, 1.807) is 19.1 Å². The van der Waals surface area contributed by atoms with Crippen molar-refractivity contribution in [2.24, 2.45) is 7.05 Å². The number of rotatable bonds is 5. The van der Waals surface area contributed by atoms with Crippen LogP contribution in [0.5, 0.6) is 0 Å². The van der Waals surface area contributed by atoms with E-state index in [1.165, 1.54) is 0 Å². The van der Waals surface area contributed by atoms with Gasteiger partial charge in [-0.3, -0.25) is 14.3 Å². The van der Waals surface area contributed by atoms with E-state index >= 15 is 0 Å². The van der Waals surface area contributed by atoms with Crippen LogP contribution < -0.4 is 5.32 Å². The van der Waals surface area contributed by atoms with Gasteiger partial charge in [0.1, 0.15) is 5.60 Å². The Hall–Kier alpha value is -1.93. The number of carbonyl (C=O) groups excluding carboxylic acids is 2. The van der Waals surface area contributed by atoms with Crippen molar-refractivity contribution in [2.75, 3.05) is 40.5 Å². The van der Waals surface area contributed by atoms with Gasteiger partial charge < -0.3 is 19.7 Å². The Bertz CT molecular complexity index is 668. The summed E-state index contributed by atoms with van der Waals surface area (Å²) in [7, 11) is 5.05. The van der Waals surface area contributed by atoms with Crippen molar-refractivity contribution in [1.29, 1.82) is 0 Å². The van der Waals surface area contributed by atoms with Crippen LogP contribution in [0.25, 0.3) is 0 Å². The maximum Gasteiger partial charge on any atom is 0.274 e. The fraction of sp³-hybridized carbons (Fsp3) is 0.706. The number of fused-ring (bicyclic) bond motifs is 1. The Balaban J connectivity index is 1.81. The molecular formula is C17H26N4O4. The third kappa shape index (κ3) is 3.41. The molecule has 1 aromatic heterocycles. The third-order valence-electron chi connectivity index (χ3n) is 5.02. The van der Waals surface area contributed by atoms with Crippen molar-refractivity contribution in [2.45, 2.75) is 31.3 Å². The van der Waals surface area contributed by atoms with Gasteiger partial charge in [0.05, 0.1) is 26.2 Å². The SMILES string of the molecule is CNC(=O)C[C@@]1(COC)CN(C(=O)c2nn(C)c3c2CCC3)CCO1. The number of aryl methyl sites for hydroxylation is 1. The van der Waals surface area contributed by atoms with Gasteiger partial charge in [0.25, 0.3) is 5.91 Å². The summed E-state index contributed by atoms with van der Waals surface area (Å²) in [4.78, 5) is 26.7. The third-order valence-corrected chi connectivity index (χ3v) is 5.02. The van der Waals surface area contributed by atoms with Crippen LogP contribution in [0, 0.1) is 0 Å². The summed E-state index contributed by atoms with van der Waals surface area (Å²) in [6.07, 6.45) is 3.09. The Morgan fingerprint density at radius 2 is 2.20 bits per heavy atom.